The van der Waals surface area contributed by atoms with Crippen LogP contribution >= 0.6 is 0 Å². The summed E-state index contributed by atoms with van der Waals surface area (Å²) in [6.07, 6.45) is 4.42. The van der Waals surface area contributed by atoms with E-state index in [1.807, 2.05) is 12.2 Å². The third-order valence-electron chi connectivity index (χ3n) is 4.32. The molecule has 0 aromatic heterocycles. The Bertz CT molecular complexity index is 326. The van der Waals surface area contributed by atoms with Crippen LogP contribution in [0.4, 0.5) is 0 Å². The fourth-order valence-corrected chi connectivity index (χ4v) is 2.85. The zero-order valence-corrected chi connectivity index (χ0v) is 14.8. The minimum atomic E-state index is -1.65. The van der Waals surface area contributed by atoms with Gasteiger partial charge in [0.1, 0.15) is 6.10 Å². The summed E-state index contributed by atoms with van der Waals surface area (Å²) in [6.45, 7) is 22.4. The minimum absolute atomic E-state index is 0.259. The molecule has 1 rings (SSSR count). The molecule has 20 heavy (non-hydrogen) atoms. The van der Waals surface area contributed by atoms with E-state index in [9.17, 15) is 0 Å². The summed E-state index contributed by atoms with van der Waals surface area (Å²) in [5.41, 5.74) is 0. The number of nitrogens with zero attached hydrogens (tertiary/aromatic N) is 1. The lowest BCUT2D eigenvalue weighted by molar-refractivity contribution is 0.237. The average Bonchev–Trinajstić information content (AvgIpc) is 3.04. The molecule has 0 aromatic carbocycles. The molecule has 0 radical (unpaired) electrons. The van der Waals surface area contributed by atoms with Gasteiger partial charge in [-0.05, 0) is 18.1 Å². The van der Waals surface area contributed by atoms with E-state index in [1.165, 1.54) is 0 Å². The summed E-state index contributed by atoms with van der Waals surface area (Å²) < 4.78 is 11.9. The molecular formula is C16H31NO2Si. The molecule has 3 nitrogen and oxygen atoms in total. The van der Waals surface area contributed by atoms with Crippen LogP contribution in [0.25, 0.3) is 0 Å². The topological polar surface area (TPSA) is 25.0 Å². The molecule has 1 aliphatic heterocycles. The van der Waals surface area contributed by atoms with Crippen molar-refractivity contribution in [3.05, 3.63) is 25.3 Å². The van der Waals surface area contributed by atoms with E-state index in [4.69, 9.17) is 9.16 Å². The SMILES string of the molecule is C=CCN(CC=C)C[C@@H]1O[C@H]1CO[Si](C)(C)C(C)(C)C. The molecule has 0 aliphatic carbocycles. The Kier molecular flexibility index (Phi) is 6.19. The summed E-state index contributed by atoms with van der Waals surface area (Å²) in [6, 6.07) is 0. The van der Waals surface area contributed by atoms with Crippen LogP contribution in [-0.4, -0.2) is 51.7 Å². The van der Waals surface area contributed by atoms with E-state index in [-0.39, 0.29) is 11.1 Å². The monoisotopic (exact) mass is 297 g/mol. The third-order valence-corrected chi connectivity index (χ3v) is 8.82. The van der Waals surface area contributed by atoms with Crippen LogP contribution in [0.1, 0.15) is 20.8 Å². The lowest BCUT2D eigenvalue weighted by Crippen LogP contribution is -2.42. The van der Waals surface area contributed by atoms with Crippen LogP contribution in [0.15, 0.2) is 25.3 Å². The van der Waals surface area contributed by atoms with E-state index < -0.39 is 8.32 Å². The van der Waals surface area contributed by atoms with E-state index in [2.05, 4.69) is 51.9 Å². The second-order valence-corrected chi connectivity index (χ2v) is 11.9. The molecule has 4 heteroatoms. The zero-order valence-electron chi connectivity index (χ0n) is 13.8. The highest BCUT2D eigenvalue weighted by Gasteiger charge is 2.43. The van der Waals surface area contributed by atoms with Crippen molar-refractivity contribution in [1.82, 2.24) is 4.90 Å². The first-order chi connectivity index (χ1) is 9.21. The van der Waals surface area contributed by atoms with Crippen LogP contribution in [0.5, 0.6) is 0 Å². The predicted molar refractivity (Wildman–Crippen MR) is 88.6 cm³/mol. The van der Waals surface area contributed by atoms with E-state index in [1.54, 1.807) is 0 Å². The minimum Gasteiger partial charge on any atom is -0.414 e. The molecule has 1 heterocycles. The quantitative estimate of drug-likeness (QED) is 0.370. The lowest BCUT2D eigenvalue weighted by atomic mass is 10.2. The van der Waals surface area contributed by atoms with Gasteiger partial charge in [-0.25, -0.2) is 0 Å². The van der Waals surface area contributed by atoms with Crippen molar-refractivity contribution in [2.45, 2.75) is 51.1 Å². The van der Waals surface area contributed by atoms with Gasteiger partial charge in [0.15, 0.2) is 8.32 Å². The van der Waals surface area contributed by atoms with Crippen molar-refractivity contribution in [2.24, 2.45) is 0 Å². The predicted octanol–water partition coefficient (Wildman–Crippen LogP) is 3.45. The van der Waals surface area contributed by atoms with E-state index in [0.29, 0.717) is 6.10 Å². The standard InChI is InChI=1S/C16H31NO2Si/c1-8-10-17(11-9-2)12-14-15(19-14)13-18-20(6,7)16(3,4)5/h8-9,14-15H,1-2,10-13H2,3-7H3/t14-,15-/m0/s1. The number of rotatable bonds is 9. The number of ether oxygens (including phenoxy) is 1. The number of epoxide rings is 1. The molecule has 0 unspecified atom stereocenters. The van der Waals surface area contributed by atoms with Gasteiger partial charge in [0.2, 0.25) is 0 Å². The zero-order chi connectivity index (χ0) is 15.4. The molecule has 1 fully saturated rings. The highest BCUT2D eigenvalue weighted by molar-refractivity contribution is 6.74. The highest BCUT2D eigenvalue weighted by atomic mass is 28.4. The van der Waals surface area contributed by atoms with Crippen molar-refractivity contribution in [3.63, 3.8) is 0 Å². The van der Waals surface area contributed by atoms with Crippen LogP contribution in [0, 0.1) is 0 Å². The number of hydrogen-bond donors (Lipinski definition) is 0. The molecule has 0 bridgehead atoms. The Morgan fingerprint density at radius 2 is 1.70 bits per heavy atom. The molecule has 0 aromatic rings. The summed E-state index contributed by atoms with van der Waals surface area (Å²) in [5.74, 6) is 0. The second kappa shape index (κ2) is 7.03. The maximum atomic E-state index is 6.20. The molecule has 1 saturated heterocycles. The van der Waals surface area contributed by atoms with Crippen LogP contribution in [0.2, 0.25) is 18.1 Å². The Hall–Kier alpha value is -0.423. The van der Waals surface area contributed by atoms with Gasteiger partial charge in [0, 0.05) is 19.6 Å². The van der Waals surface area contributed by atoms with Crippen molar-refractivity contribution in [3.8, 4) is 0 Å². The third kappa shape index (κ3) is 5.17. The second-order valence-electron chi connectivity index (χ2n) is 7.08. The van der Waals surface area contributed by atoms with Crippen molar-refractivity contribution >= 4 is 8.32 Å². The molecular weight excluding hydrogens is 266 g/mol. The van der Waals surface area contributed by atoms with Gasteiger partial charge in [-0.3, -0.25) is 4.90 Å². The fourth-order valence-electron chi connectivity index (χ4n) is 1.84. The Morgan fingerprint density at radius 3 is 2.15 bits per heavy atom. The van der Waals surface area contributed by atoms with Gasteiger partial charge in [0.05, 0.1) is 12.7 Å². The summed E-state index contributed by atoms with van der Waals surface area (Å²) in [7, 11) is -1.65. The fraction of sp³-hybridized carbons (Fsp3) is 0.750. The molecule has 0 spiro atoms. The molecule has 116 valence electrons. The largest absolute Gasteiger partial charge is 0.414 e. The smallest absolute Gasteiger partial charge is 0.192 e. The molecule has 1 aliphatic rings. The maximum Gasteiger partial charge on any atom is 0.192 e. The van der Waals surface area contributed by atoms with Gasteiger partial charge < -0.3 is 9.16 Å². The first-order valence-electron chi connectivity index (χ1n) is 7.45. The summed E-state index contributed by atoms with van der Waals surface area (Å²) in [5, 5.41) is 0.259. The van der Waals surface area contributed by atoms with Crippen molar-refractivity contribution in [2.75, 3.05) is 26.2 Å². The molecule has 0 amide bonds. The first kappa shape index (κ1) is 17.6. The van der Waals surface area contributed by atoms with Crippen LogP contribution in [-0.2, 0) is 9.16 Å². The van der Waals surface area contributed by atoms with Gasteiger partial charge >= 0.3 is 0 Å². The Morgan fingerprint density at radius 1 is 1.15 bits per heavy atom. The lowest BCUT2D eigenvalue weighted by Gasteiger charge is -2.36. The Balaban J connectivity index is 2.33. The maximum absolute atomic E-state index is 6.20. The van der Waals surface area contributed by atoms with Gasteiger partial charge in [-0.15, -0.1) is 13.2 Å². The first-order valence-corrected chi connectivity index (χ1v) is 10.4. The molecule has 2 atom stereocenters. The van der Waals surface area contributed by atoms with E-state index in [0.717, 1.165) is 26.2 Å². The van der Waals surface area contributed by atoms with Crippen LogP contribution in [0.3, 0.4) is 0 Å². The van der Waals surface area contributed by atoms with Crippen LogP contribution < -0.4 is 0 Å². The summed E-state index contributed by atoms with van der Waals surface area (Å²) >= 11 is 0. The summed E-state index contributed by atoms with van der Waals surface area (Å²) in [4.78, 5) is 2.29. The van der Waals surface area contributed by atoms with Gasteiger partial charge in [-0.2, -0.15) is 0 Å². The van der Waals surface area contributed by atoms with Gasteiger partial charge in [0.25, 0.3) is 0 Å². The number of hydrogen-bond acceptors (Lipinski definition) is 3. The van der Waals surface area contributed by atoms with E-state index >= 15 is 0 Å². The van der Waals surface area contributed by atoms with Crippen molar-refractivity contribution in [1.29, 1.82) is 0 Å². The average molecular weight is 298 g/mol. The Labute approximate surface area is 125 Å². The normalized spacial score (nSPS) is 22.9. The van der Waals surface area contributed by atoms with Gasteiger partial charge in [-0.1, -0.05) is 32.9 Å². The van der Waals surface area contributed by atoms with Crippen molar-refractivity contribution < 1.29 is 9.16 Å². The molecule has 0 saturated carbocycles. The molecule has 0 N–H and O–H groups in total. The highest BCUT2D eigenvalue weighted by Crippen LogP contribution is 2.37.